The molecule has 0 bridgehead atoms. The summed E-state index contributed by atoms with van der Waals surface area (Å²) in [5.41, 5.74) is 7.34. The predicted molar refractivity (Wildman–Crippen MR) is 49.5 cm³/mol. The Morgan fingerprint density at radius 3 is 2.47 bits per heavy atom. The number of nitrogens with two attached hydrogens (primary N) is 2. The number of hydrogen-bond acceptors (Lipinski definition) is 4. The number of nitrogen functional groups attached to an aromatic ring is 1. The van der Waals surface area contributed by atoms with Gasteiger partial charge in [-0.2, -0.15) is 13.2 Å². The average molecular weight is 220 g/mol. The molecule has 0 aliphatic heterocycles. The molecule has 7 heteroatoms. The summed E-state index contributed by atoms with van der Waals surface area (Å²) in [5.74, 6) is 4.70. The number of aromatic nitrogens is 1. The van der Waals surface area contributed by atoms with Crippen LogP contribution in [0.25, 0.3) is 0 Å². The van der Waals surface area contributed by atoms with Gasteiger partial charge in [0.25, 0.3) is 0 Å². The monoisotopic (exact) mass is 220 g/mol. The van der Waals surface area contributed by atoms with Crippen molar-refractivity contribution in [2.45, 2.75) is 19.1 Å². The van der Waals surface area contributed by atoms with E-state index >= 15 is 0 Å². The first kappa shape index (κ1) is 11.7. The van der Waals surface area contributed by atoms with Crippen LogP contribution in [0.4, 0.5) is 19.0 Å². The number of hydrogen-bond donors (Lipinski definition) is 3. The average Bonchev–Trinajstić information content (AvgIpc) is 2.09. The van der Waals surface area contributed by atoms with Gasteiger partial charge in [0.05, 0.1) is 0 Å². The second kappa shape index (κ2) is 4.03. The van der Waals surface area contributed by atoms with Crippen molar-refractivity contribution in [3.8, 4) is 0 Å². The first-order valence-corrected chi connectivity index (χ1v) is 4.11. The van der Waals surface area contributed by atoms with Gasteiger partial charge in [-0.15, -0.1) is 0 Å². The molecule has 0 aliphatic carbocycles. The van der Waals surface area contributed by atoms with Crippen molar-refractivity contribution in [1.29, 1.82) is 0 Å². The molecule has 0 aromatic carbocycles. The van der Waals surface area contributed by atoms with Crippen molar-refractivity contribution in [1.82, 2.24) is 10.4 Å². The Morgan fingerprint density at radius 2 is 2.07 bits per heavy atom. The molecule has 0 radical (unpaired) electrons. The first-order valence-electron chi connectivity index (χ1n) is 4.11. The summed E-state index contributed by atoms with van der Waals surface area (Å²) in [7, 11) is 0. The Kier molecular flexibility index (Phi) is 3.15. The lowest BCUT2D eigenvalue weighted by atomic mass is 10.0. The predicted octanol–water partition coefficient (Wildman–Crippen LogP) is 1.04. The van der Waals surface area contributed by atoms with Crippen molar-refractivity contribution >= 4 is 5.82 Å². The van der Waals surface area contributed by atoms with Crippen LogP contribution in [0, 0.1) is 6.92 Å². The normalized spacial score (nSPS) is 13.9. The SMILES string of the molecule is Cc1ccnc(N)c1C(NN)C(F)(F)F. The molecule has 1 aromatic heterocycles. The number of rotatable bonds is 2. The maximum Gasteiger partial charge on any atom is 0.409 e. The van der Waals surface area contributed by atoms with Crippen molar-refractivity contribution in [2.75, 3.05) is 5.73 Å². The first-order chi connectivity index (χ1) is 6.88. The lowest BCUT2D eigenvalue weighted by Crippen LogP contribution is -2.39. The third kappa shape index (κ3) is 2.37. The van der Waals surface area contributed by atoms with E-state index in [4.69, 9.17) is 11.6 Å². The molecular formula is C8H11F3N4. The van der Waals surface area contributed by atoms with Crippen LogP contribution in [0.1, 0.15) is 17.2 Å². The highest BCUT2D eigenvalue weighted by molar-refractivity contribution is 5.46. The minimum absolute atomic E-state index is 0.132. The van der Waals surface area contributed by atoms with E-state index in [9.17, 15) is 13.2 Å². The lowest BCUT2D eigenvalue weighted by Gasteiger charge is -2.22. The summed E-state index contributed by atoms with van der Waals surface area (Å²) in [6.07, 6.45) is -3.16. The zero-order valence-corrected chi connectivity index (χ0v) is 7.97. The molecule has 0 aliphatic rings. The van der Waals surface area contributed by atoms with Crippen molar-refractivity contribution in [3.63, 3.8) is 0 Å². The molecule has 0 spiro atoms. The van der Waals surface area contributed by atoms with Crippen LogP contribution in [0.2, 0.25) is 0 Å². The summed E-state index contributed by atoms with van der Waals surface area (Å²) in [6.45, 7) is 1.52. The number of nitrogens with one attached hydrogen (secondary N) is 1. The van der Waals surface area contributed by atoms with E-state index in [1.165, 1.54) is 19.2 Å². The van der Waals surface area contributed by atoms with Gasteiger partial charge in [0, 0.05) is 11.8 Å². The molecule has 1 heterocycles. The molecular weight excluding hydrogens is 209 g/mol. The van der Waals surface area contributed by atoms with Gasteiger partial charge in [-0.25, -0.2) is 10.4 Å². The standard InChI is InChI=1S/C8H11F3N4/c1-4-2-3-14-7(12)5(4)6(15-13)8(9,10)11/h2-3,6,15H,13H2,1H3,(H2,12,14). The van der Waals surface area contributed by atoms with Crippen LogP contribution in [0.15, 0.2) is 12.3 Å². The summed E-state index contributed by atoms with van der Waals surface area (Å²) < 4.78 is 37.6. The second-order valence-corrected chi connectivity index (χ2v) is 3.07. The summed E-state index contributed by atoms with van der Waals surface area (Å²) in [6, 6.07) is -0.548. The topological polar surface area (TPSA) is 77.0 Å². The minimum atomic E-state index is -4.50. The van der Waals surface area contributed by atoms with Crippen LogP contribution < -0.4 is 17.0 Å². The third-order valence-electron chi connectivity index (χ3n) is 2.02. The zero-order valence-electron chi connectivity index (χ0n) is 7.97. The highest BCUT2D eigenvalue weighted by atomic mass is 19.4. The van der Waals surface area contributed by atoms with Gasteiger partial charge in [-0.3, -0.25) is 5.84 Å². The minimum Gasteiger partial charge on any atom is -0.383 e. The van der Waals surface area contributed by atoms with Gasteiger partial charge in [-0.1, -0.05) is 0 Å². The number of anilines is 1. The molecule has 5 N–H and O–H groups in total. The van der Waals surface area contributed by atoms with Crippen molar-refractivity contribution in [2.24, 2.45) is 5.84 Å². The van der Waals surface area contributed by atoms with Crippen LogP contribution in [-0.4, -0.2) is 11.2 Å². The maximum absolute atomic E-state index is 12.5. The Morgan fingerprint density at radius 1 is 1.47 bits per heavy atom. The van der Waals surface area contributed by atoms with Crippen LogP contribution in [-0.2, 0) is 0 Å². The zero-order chi connectivity index (χ0) is 11.6. The highest BCUT2D eigenvalue weighted by Gasteiger charge is 2.42. The van der Waals surface area contributed by atoms with Crippen LogP contribution >= 0.6 is 0 Å². The van der Waals surface area contributed by atoms with Gasteiger partial charge in [0.2, 0.25) is 0 Å². The fourth-order valence-electron chi connectivity index (χ4n) is 1.31. The molecule has 84 valence electrons. The van der Waals surface area contributed by atoms with Crippen LogP contribution in [0.5, 0.6) is 0 Å². The van der Waals surface area contributed by atoms with E-state index in [-0.39, 0.29) is 11.4 Å². The smallest absolute Gasteiger partial charge is 0.383 e. The summed E-state index contributed by atoms with van der Waals surface area (Å²) >= 11 is 0. The number of alkyl halides is 3. The summed E-state index contributed by atoms with van der Waals surface area (Å²) in [4.78, 5) is 3.60. The number of pyridine rings is 1. The molecule has 0 fully saturated rings. The van der Waals surface area contributed by atoms with Crippen molar-refractivity contribution in [3.05, 3.63) is 23.4 Å². The lowest BCUT2D eigenvalue weighted by molar-refractivity contribution is -0.157. The third-order valence-corrected chi connectivity index (χ3v) is 2.02. The summed E-state index contributed by atoms with van der Waals surface area (Å²) in [5, 5.41) is 0. The molecule has 0 saturated heterocycles. The molecule has 1 unspecified atom stereocenters. The van der Waals surface area contributed by atoms with Gasteiger partial charge in [0.15, 0.2) is 0 Å². The van der Waals surface area contributed by atoms with Crippen molar-refractivity contribution < 1.29 is 13.2 Å². The quantitative estimate of drug-likeness (QED) is 0.514. The number of hydrazine groups is 1. The molecule has 0 saturated carbocycles. The highest BCUT2D eigenvalue weighted by Crippen LogP contribution is 2.35. The Balaban J connectivity index is 3.24. The molecule has 1 rings (SSSR count). The van der Waals surface area contributed by atoms with Gasteiger partial charge >= 0.3 is 6.18 Å². The number of halogens is 3. The maximum atomic E-state index is 12.5. The second-order valence-electron chi connectivity index (χ2n) is 3.07. The largest absolute Gasteiger partial charge is 0.409 e. The molecule has 15 heavy (non-hydrogen) atoms. The molecule has 0 amide bonds. The fourth-order valence-corrected chi connectivity index (χ4v) is 1.31. The van der Waals surface area contributed by atoms with E-state index in [1.807, 2.05) is 0 Å². The van der Waals surface area contributed by atoms with Gasteiger partial charge in [-0.05, 0) is 18.6 Å². The fraction of sp³-hybridized carbons (Fsp3) is 0.375. The molecule has 1 atom stereocenters. The van der Waals surface area contributed by atoms with Gasteiger partial charge < -0.3 is 5.73 Å². The Bertz CT molecular complexity index is 330. The van der Waals surface area contributed by atoms with E-state index < -0.39 is 12.2 Å². The number of aryl methyl sites for hydroxylation is 1. The van der Waals surface area contributed by atoms with E-state index in [0.29, 0.717) is 5.56 Å². The Labute approximate surface area is 84.4 Å². The van der Waals surface area contributed by atoms with E-state index in [0.717, 1.165) is 0 Å². The Hall–Kier alpha value is -1.34. The number of nitrogens with zero attached hydrogens (tertiary/aromatic N) is 1. The van der Waals surface area contributed by atoms with E-state index in [1.54, 1.807) is 5.43 Å². The van der Waals surface area contributed by atoms with E-state index in [2.05, 4.69) is 4.98 Å². The van der Waals surface area contributed by atoms with Crippen LogP contribution in [0.3, 0.4) is 0 Å². The van der Waals surface area contributed by atoms with Gasteiger partial charge in [0.1, 0.15) is 11.9 Å². The molecule has 4 nitrogen and oxygen atoms in total. The molecule has 1 aromatic rings.